The van der Waals surface area contributed by atoms with Gasteiger partial charge in [0, 0.05) is 23.6 Å². The number of fused-ring (bicyclic) bond motifs is 2. The second-order valence-electron chi connectivity index (χ2n) is 22.5. The Morgan fingerprint density at radius 2 is 1.19 bits per heavy atom. The third kappa shape index (κ3) is 15.7. The van der Waals surface area contributed by atoms with E-state index in [1.165, 1.54) is 5.56 Å². The van der Waals surface area contributed by atoms with Gasteiger partial charge in [-0.3, -0.25) is 33.6 Å². The fourth-order valence-electron chi connectivity index (χ4n) is 10.5. The maximum atomic E-state index is 14.9. The predicted molar refractivity (Wildman–Crippen MR) is 298 cm³/mol. The average Bonchev–Trinajstić information content (AvgIpc) is 3.89. The van der Waals surface area contributed by atoms with E-state index in [9.17, 15) is 43.8 Å². The van der Waals surface area contributed by atoms with Crippen LogP contribution in [0.1, 0.15) is 132 Å². The molecule has 0 saturated carbocycles. The summed E-state index contributed by atoms with van der Waals surface area (Å²) in [5.74, 6) is -3.42. The third-order valence-electron chi connectivity index (χ3n) is 15.5. The first kappa shape index (κ1) is 60.4. The quantitative estimate of drug-likeness (QED) is 0.0658. The zero-order valence-electron chi connectivity index (χ0n) is 46.3. The van der Waals surface area contributed by atoms with Gasteiger partial charge >= 0.3 is 0 Å². The number of carbonyl (C=O) groups is 7. The summed E-state index contributed by atoms with van der Waals surface area (Å²) in [6.07, 6.45) is 5.42. The summed E-state index contributed by atoms with van der Waals surface area (Å²) in [5.41, 5.74) is 5.29. The van der Waals surface area contributed by atoms with Crippen molar-refractivity contribution in [2.45, 2.75) is 165 Å². The van der Waals surface area contributed by atoms with Crippen LogP contribution in [0, 0.1) is 5.41 Å². The Labute approximate surface area is 458 Å². The molecule has 1 saturated heterocycles. The maximum absolute atomic E-state index is 14.9. The normalized spacial score (nSPS) is 20.3. The van der Waals surface area contributed by atoms with E-state index in [0.717, 1.165) is 66.1 Å². The van der Waals surface area contributed by atoms with Gasteiger partial charge in [0.2, 0.25) is 41.4 Å². The molecule has 3 aromatic carbocycles. The van der Waals surface area contributed by atoms with Crippen LogP contribution < -0.4 is 42.5 Å². The van der Waals surface area contributed by atoms with Crippen molar-refractivity contribution >= 4 is 53.1 Å². The molecule has 420 valence electrons. The van der Waals surface area contributed by atoms with E-state index < -0.39 is 89.3 Å². The molecule has 1 heterocycles. The van der Waals surface area contributed by atoms with Crippen molar-refractivity contribution in [3.63, 3.8) is 0 Å². The third-order valence-corrected chi connectivity index (χ3v) is 16.8. The van der Waals surface area contributed by atoms with E-state index in [4.69, 9.17) is 0 Å². The van der Waals surface area contributed by atoms with Crippen LogP contribution in [0.2, 0.25) is 0 Å². The van der Waals surface area contributed by atoms with E-state index in [-0.39, 0.29) is 54.4 Å². The number of likely N-dealkylation sites (tertiary alicyclic amines) is 1. The number of nitrogens with one attached hydrogen (secondary N) is 8. The maximum Gasteiger partial charge on any atom is 0.246 e. The number of likely N-dealkylation sites (N-methyl/N-ethyl adjacent to an activating group) is 2. The summed E-state index contributed by atoms with van der Waals surface area (Å²) in [6.45, 7) is 11.7. The molecule has 7 amide bonds. The van der Waals surface area contributed by atoms with Gasteiger partial charge in [0.05, 0.1) is 49.2 Å². The van der Waals surface area contributed by atoms with Gasteiger partial charge in [-0.25, -0.2) is 0 Å². The first-order valence-corrected chi connectivity index (χ1v) is 28.1. The number of aliphatic hydroxyl groups excluding tert-OH is 2. The number of hydrogen-bond donors (Lipinski definition) is 10. The van der Waals surface area contributed by atoms with Gasteiger partial charge in [-0.1, -0.05) is 93.6 Å². The van der Waals surface area contributed by atoms with Crippen LogP contribution in [-0.4, -0.2) is 143 Å². The Bertz CT molecular complexity index is 2550. The minimum atomic E-state index is -1.24. The molecular formula is C58H83N9O9S. The molecule has 0 spiro atoms. The monoisotopic (exact) mass is 1080 g/mol. The molecule has 1 aliphatic heterocycles. The first-order valence-electron chi connectivity index (χ1n) is 27.1. The van der Waals surface area contributed by atoms with Gasteiger partial charge in [0.25, 0.3) is 0 Å². The van der Waals surface area contributed by atoms with Crippen molar-refractivity contribution in [1.29, 1.82) is 0 Å². The molecule has 1 fully saturated rings. The number of thioether (sulfide) groups is 1. The van der Waals surface area contributed by atoms with Crippen LogP contribution in [-0.2, 0) is 52.8 Å². The minimum absolute atomic E-state index is 0.0562. The van der Waals surface area contributed by atoms with Crippen molar-refractivity contribution in [3.8, 4) is 0 Å². The van der Waals surface area contributed by atoms with Crippen molar-refractivity contribution in [3.05, 3.63) is 106 Å². The molecule has 0 radical (unpaired) electrons. The molecule has 18 nitrogen and oxygen atoms in total. The van der Waals surface area contributed by atoms with Crippen molar-refractivity contribution in [2.75, 3.05) is 39.6 Å². The molecule has 10 N–H and O–H groups in total. The Morgan fingerprint density at radius 1 is 0.662 bits per heavy atom. The fraction of sp³-hybridized carbons (Fsp3) is 0.569. The summed E-state index contributed by atoms with van der Waals surface area (Å²) in [5, 5.41) is 42.8. The molecule has 6 rings (SSSR count). The highest BCUT2D eigenvalue weighted by atomic mass is 32.2. The second kappa shape index (κ2) is 27.1. The summed E-state index contributed by atoms with van der Waals surface area (Å²) >= 11 is 1.10. The standard InChI is InChI=1S/C58H83N9O9S/c1-34(59-8)51(71)65-49(58(6,7)77-33-48(70)61-41(31-68)32-69)55(75)64-46(53(73)62-44-22-14-18-38-16-10-12-20-42(38)44)28-36-24-26-37(27-25-36)40-29-47(54(74)63-45-23-15-19-39-17-11-13-21-43(39)45)67(30-40)56(76)50(57(3,4)5)66-52(72)35(2)60-9/h10-13,16-17,20-21,24-27,34-35,40-41,44-47,49-50,59-60,68-69H,14-15,18-19,22-23,28-33H2,1-9H3,(H,61,70)(H,62,73)(H,63,74)(H,64,75)(H,65,71)(H,66,72)/t34-,35-,40-,44+,45+,46-,47-,49+,50?/m0/s1. The van der Waals surface area contributed by atoms with Gasteiger partial charge in [0.15, 0.2) is 0 Å². The molecule has 9 atom stereocenters. The van der Waals surface area contributed by atoms with E-state index >= 15 is 0 Å². The van der Waals surface area contributed by atoms with Crippen LogP contribution in [0.4, 0.5) is 0 Å². The van der Waals surface area contributed by atoms with Crippen LogP contribution in [0.15, 0.2) is 72.8 Å². The molecule has 3 aromatic rings. The molecular weight excluding hydrogens is 999 g/mol. The number of amides is 7. The topological polar surface area (TPSA) is 259 Å². The summed E-state index contributed by atoms with van der Waals surface area (Å²) in [4.78, 5) is 100. The molecule has 2 aliphatic carbocycles. The number of aliphatic hydroxyl groups is 2. The average molecular weight is 1080 g/mol. The Morgan fingerprint density at radius 3 is 1.73 bits per heavy atom. The Hall–Kier alpha value is -5.86. The SMILES string of the molecule is CN[C@@H](C)C(=O)NC(C(=O)N1C[C@@H](c2ccc(C[C@H](NC(=O)[C@@H](NC(=O)[C@H](C)NC)C(C)(C)SCC(=O)NC(CO)CO)C(=O)N[C@@H]3CCCc4ccccc43)cc2)C[C@H]1C(=O)N[C@@H]1CCCc2ccccc21)C(C)(C)C. The highest BCUT2D eigenvalue weighted by Gasteiger charge is 2.46. The summed E-state index contributed by atoms with van der Waals surface area (Å²) in [7, 11) is 3.29. The van der Waals surface area contributed by atoms with E-state index in [1.807, 2.05) is 81.4 Å². The minimum Gasteiger partial charge on any atom is -0.394 e. The molecule has 19 heteroatoms. The molecule has 3 aliphatic rings. The van der Waals surface area contributed by atoms with E-state index in [1.54, 1.807) is 46.7 Å². The van der Waals surface area contributed by atoms with Gasteiger partial charge in [-0.2, -0.15) is 0 Å². The highest BCUT2D eigenvalue weighted by Crippen LogP contribution is 2.37. The number of carbonyl (C=O) groups excluding carboxylic acids is 7. The van der Waals surface area contributed by atoms with E-state index in [0.29, 0.717) is 18.4 Å². The number of rotatable bonds is 23. The van der Waals surface area contributed by atoms with Crippen molar-refractivity contribution in [2.24, 2.45) is 5.41 Å². The van der Waals surface area contributed by atoms with Crippen molar-refractivity contribution < 1.29 is 43.8 Å². The van der Waals surface area contributed by atoms with Crippen LogP contribution in [0.5, 0.6) is 0 Å². The zero-order chi connectivity index (χ0) is 56.2. The second-order valence-corrected chi connectivity index (χ2v) is 24.2. The van der Waals surface area contributed by atoms with Crippen LogP contribution >= 0.6 is 11.8 Å². The molecule has 1 unspecified atom stereocenters. The number of aryl methyl sites for hydroxylation is 2. The van der Waals surface area contributed by atoms with Crippen LogP contribution in [0.3, 0.4) is 0 Å². The van der Waals surface area contributed by atoms with Crippen molar-refractivity contribution in [1.82, 2.24) is 47.4 Å². The fourth-order valence-corrected chi connectivity index (χ4v) is 11.4. The summed E-state index contributed by atoms with van der Waals surface area (Å²) in [6, 6.07) is 16.9. The van der Waals surface area contributed by atoms with Gasteiger partial charge in [0.1, 0.15) is 24.2 Å². The first-order chi connectivity index (χ1) is 36.6. The van der Waals surface area contributed by atoms with Gasteiger partial charge in [-0.15, -0.1) is 11.8 Å². The molecule has 77 heavy (non-hydrogen) atoms. The van der Waals surface area contributed by atoms with Crippen LogP contribution in [0.25, 0.3) is 0 Å². The highest BCUT2D eigenvalue weighted by molar-refractivity contribution is 8.01. The predicted octanol–water partition coefficient (Wildman–Crippen LogP) is 3.00. The smallest absolute Gasteiger partial charge is 0.246 e. The van der Waals surface area contributed by atoms with Gasteiger partial charge < -0.3 is 57.6 Å². The van der Waals surface area contributed by atoms with Gasteiger partial charge in [-0.05, 0) is 126 Å². The Kier molecular flexibility index (Phi) is 21.3. The largest absolute Gasteiger partial charge is 0.394 e. The zero-order valence-corrected chi connectivity index (χ0v) is 47.1. The lowest BCUT2D eigenvalue weighted by Gasteiger charge is -2.36. The lowest BCUT2D eigenvalue weighted by Crippen LogP contribution is -2.62. The Balaban J connectivity index is 1.29. The summed E-state index contributed by atoms with van der Waals surface area (Å²) < 4.78 is -1.13. The number of benzene rings is 3. The number of nitrogens with zero attached hydrogens (tertiary/aromatic N) is 1. The molecule has 0 aromatic heterocycles. The lowest BCUT2D eigenvalue weighted by atomic mass is 9.85. The molecule has 0 bridgehead atoms. The van der Waals surface area contributed by atoms with E-state index in [2.05, 4.69) is 54.7 Å². The lowest BCUT2D eigenvalue weighted by molar-refractivity contribution is -0.144. The number of hydrogen-bond acceptors (Lipinski definition) is 12.